The van der Waals surface area contributed by atoms with Crippen molar-refractivity contribution < 1.29 is 11.0 Å². The van der Waals surface area contributed by atoms with Crippen molar-refractivity contribution in [3.8, 4) is 0 Å². The molecule has 0 radical (unpaired) electrons. The number of amides is 1. The monoisotopic (exact) mass is 395 g/mol. The van der Waals surface area contributed by atoms with E-state index in [1.165, 1.54) is 73.3 Å². The van der Waals surface area contributed by atoms with Crippen LogP contribution in [0.25, 0.3) is 0 Å². The molecule has 0 spiro atoms. The first-order valence-electron chi connectivity index (χ1n) is 8.96. The highest BCUT2D eigenvalue weighted by atomic mass is 35.5. The molecule has 1 heterocycles. The smallest absolute Gasteiger partial charge is 0.258 e. The zero-order valence-electron chi connectivity index (χ0n) is 15.8. The minimum Gasteiger partial charge on any atom is -0.365 e. The average Bonchev–Trinajstić information content (AvgIpc) is 3.21. The lowest BCUT2D eigenvalue weighted by molar-refractivity contribution is -0.114. The minimum atomic E-state index is -0.317. The molecular formula is C21H30ClNO2S. The van der Waals surface area contributed by atoms with Crippen LogP contribution in [0.1, 0.15) is 67.1 Å². The first-order valence-corrected chi connectivity index (χ1v) is 10.2. The number of unbranched alkanes of at least 4 members (excludes halogenated alkanes) is 1. The highest BCUT2D eigenvalue weighted by Gasteiger charge is 2.09. The summed E-state index contributed by atoms with van der Waals surface area (Å²) in [6.45, 7) is 5.21. The molecule has 5 heteroatoms. The summed E-state index contributed by atoms with van der Waals surface area (Å²) in [7, 11) is 0. The van der Waals surface area contributed by atoms with E-state index >= 15 is 0 Å². The largest absolute Gasteiger partial charge is 0.365 e. The summed E-state index contributed by atoms with van der Waals surface area (Å²) < 4.78 is 0. The van der Waals surface area contributed by atoms with Crippen LogP contribution in [0, 0.1) is 0 Å². The van der Waals surface area contributed by atoms with Gasteiger partial charge in [0, 0.05) is 11.3 Å². The first kappa shape index (κ1) is 22.4. The molecule has 1 amide bonds. The highest BCUT2D eigenvalue weighted by molar-refractivity contribution is 7.14. The second-order valence-electron chi connectivity index (χ2n) is 6.41. The molecule has 1 aliphatic rings. The van der Waals surface area contributed by atoms with Gasteiger partial charge in [-0.1, -0.05) is 31.0 Å². The maximum absolute atomic E-state index is 10.7. The highest BCUT2D eigenvalue weighted by Crippen LogP contribution is 2.24. The summed E-state index contributed by atoms with van der Waals surface area (Å²) >= 11 is 7.33. The number of nitrogens with two attached hydrogens (primary N) is 1. The summed E-state index contributed by atoms with van der Waals surface area (Å²) in [5, 5.41) is 0.876. The van der Waals surface area contributed by atoms with Crippen molar-refractivity contribution in [3.05, 3.63) is 56.2 Å². The van der Waals surface area contributed by atoms with Gasteiger partial charge in [0.25, 0.3) is 5.91 Å². The Bertz CT molecular complexity index is 727. The quantitative estimate of drug-likeness (QED) is 0.704. The van der Waals surface area contributed by atoms with E-state index < -0.39 is 0 Å². The van der Waals surface area contributed by atoms with Crippen molar-refractivity contribution in [2.75, 3.05) is 0 Å². The van der Waals surface area contributed by atoms with Crippen molar-refractivity contribution in [1.82, 2.24) is 0 Å². The van der Waals surface area contributed by atoms with Crippen LogP contribution >= 0.6 is 22.9 Å². The fourth-order valence-corrected chi connectivity index (χ4v) is 3.63. The Morgan fingerprint density at radius 1 is 1.15 bits per heavy atom. The number of carbonyl (C=O) groups excluding carboxylic acids is 2. The van der Waals surface area contributed by atoms with Crippen molar-refractivity contribution >= 4 is 34.6 Å². The van der Waals surface area contributed by atoms with Crippen LogP contribution in [0.4, 0.5) is 0 Å². The Hall–Kier alpha value is -1.65. The topological polar surface area (TPSA) is 60.2 Å². The second kappa shape index (κ2) is 11.9. The maximum Gasteiger partial charge on any atom is 0.258 e. The molecule has 2 aromatic rings. The molecule has 1 aromatic carbocycles. The second-order valence-corrected chi connectivity index (χ2v) is 8.01. The number of benzene rings is 1. The Morgan fingerprint density at radius 2 is 1.81 bits per heavy atom. The molecule has 0 bridgehead atoms. The van der Waals surface area contributed by atoms with Crippen molar-refractivity contribution in [3.63, 3.8) is 0 Å². The number of fused-ring (bicyclic) bond motifs is 1. The molecule has 144 valence electrons. The molecule has 0 saturated carbocycles. The van der Waals surface area contributed by atoms with Gasteiger partial charge in [0.2, 0.25) is 0 Å². The number of rotatable bonds is 4. The molecule has 0 aliphatic heterocycles. The van der Waals surface area contributed by atoms with Gasteiger partial charge in [-0.3, -0.25) is 4.79 Å². The molecule has 0 atom stereocenters. The van der Waals surface area contributed by atoms with Crippen molar-refractivity contribution in [1.29, 1.82) is 0 Å². The maximum atomic E-state index is 10.7. The van der Waals surface area contributed by atoms with E-state index in [2.05, 4.69) is 19.1 Å². The normalized spacial score (nSPS) is 11.5. The Morgan fingerprint density at radius 3 is 2.38 bits per heavy atom. The van der Waals surface area contributed by atoms with Gasteiger partial charge in [0.1, 0.15) is 5.78 Å². The summed E-state index contributed by atoms with van der Waals surface area (Å²) in [6.07, 6.45) is 7.19. The van der Waals surface area contributed by atoms with Crippen LogP contribution in [0.2, 0.25) is 5.02 Å². The molecule has 0 unspecified atom stereocenters. The third kappa shape index (κ3) is 8.63. The van der Waals surface area contributed by atoms with E-state index in [-0.39, 0.29) is 13.1 Å². The molecule has 26 heavy (non-hydrogen) atoms. The van der Waals surface area contributed by atoms with Crippen molar-refractivity contribution in [2.24, 2.45) is 5.73 Å². The predicted octanol–water partition coefficient (Wildman–Crippen LogP) is 5.86. The van der Waals surface area contributed by atoms with Gasteiger partial charge < -0.3 is 10.5 Å². The zero-order chi connectivity index (χ0) is 19.5. The fourth-order valence-electron chi connectivity index (χ4n) is 2.54. The Balaban J connectivity index is 0.000000410. The lowest BCUT2D eigenvalue weighted by atomic mass is 10.1. The first-order chi connectivity index (χ1) is 12.3. The number of hydrogen-bond acceptors (Lipinski definition) is 3. The lowest BCUT2D eigenvalue weighted by Crippen LogP contribution is -2.08. The number of carbonyl (C=O) groups is 2. The molecular weight excluding hydrogens is 366 g/mol. The third-order valence-electron chi connectivity index (χ3n) is 3.74. The number of thiophene rings is 1. The molecule has 1 aromatic heterocycles. The number of halogens is 1. The standard InChI is InChI=1S/C9H9Cl.C9H13NOS.C3H6O.H2/c10-9-5-4-7-2-1-3-8(7)6-9;1-2-3-4-7-5-6-8(12-7)9(10)11;1-3(2)4;/h4-6H,1-3H2;5-6H,2-4H2,1H3,(H2,10,11);1-2H3;1H. The van der Waals surface area contributed by atoms with Crippen LogP contribution in [-0.2, 0) is 24.1 Å². The van der Waals surface area contributed by atoms with Gasteiger partial charge in [-0.15, -0.1) is 11.3 Å². The summed E-state index contributed by atoms with van der Waals surface area (Å²) in [6, 6.07) is 10.00. The average molecular weight is 396 g/mol. The molecule has 3 nitrogen and oxygen atoms in total. The van der Waals surface area contributed by atoms with Gasteiger partial charge in [-0.25, -0.2) is 0 Å². The van der Waals surface area contributed by atoms with E-state index in [0.717, 1.165) is 11.4 Å². The van der Waals surface area contributed by atoms with Gasteiger partial charge in [-0.2, -0.15) is 0 Å². The summed E-state index contributed by atoms with van der Waals surface area (Å²) in [5.74, 6) is -0.150. The van der Waals surface area contributed by atoms with E-state index in [9.17, 15) is 9.59 Å². The molecule has 3 rings (SSSR count). The Labute approximate surface area is 167 Å². The van der Waals surface area contributed by atoms with Crippen LogP contribution in [0.3, 0.4) is 0 Å². The number of Topliss-reactive ketones (excluding diaryl/α,β-unsaturated/α-hetero) is 1. The van der Waals surface area contributed by atoms with Gasteiger partial charge in [0.15, 0.2) is 0 Å². The molecule has 1 aliphatic carbocycles. The molecule has 0 saturated heterocycles. The van der Waals surface area contributed by atoms with Crippen LogP contribution in [0.5, 0.6) is 0 Å². The Kier molecular flexibility index (Phi) is 10.2. The van der Waals surface area contributed by atoms with Crippen LogP contribution in [0.15, 0.2) is 30.3 Å². The zero-order valence-corrected chi connectivity index (χ0v) is 17.4. The van der Waals surface area contributed by atoms with E-state index in [1.54, 1.807) is 6.07 Å². The molecule has 2 N–H and O–H groups in total. The van der Waals surface area contributed by atoms with E-state index in [0.29, 0.717) is 4.88 Å². The number of primary amides is 1. The summed E-state index contributed by atoms with van der Waals surface area (Å²) in [4.78, 5) is 22.1. The van der Waals surface area contributed by atoms with E-state index in [4.69, 9.17) is 17.3 Å². The fraction of sp³-hybridized carbons (Fsp3) is 0.429. The van der Waals surface area contributed by atoms with Crippen LogP contribution in [-0.4, -0.2) is 11.7 Å². The third-order valence-corrected chi connectivity index (χ3v) is 5.14. The lowest BCUT2D eigenvalue weighted by Gasteiger charge is -1.96. The SMILES string of the molecule is CC(C)=O.CCCCc1ccc(C(N)=O)s1.Clc1ccc2c(c1)CCC2.[HH]. The van der Waals surface area contributed by atoms with E-state index in [1.807, 2.05) is 12.1 Å². The van der Waals surface area contributed by atoms with Gasteiger partial charge >= 0.3 is 0 Å². The van der Waals surface area contributed by atoms with Crippen molar-refractivity contribution in [2.45, 2.75) is 59.3 Å². The summed E-state index contributed by atoms with van der Waals surface area (Å²) in [5.41, 5.74) is 8.07. The predicted molar refractivity (Wildman–Crippen MR) is 113 cm³/mol. The van der Waals surface area contributed by atoms with Gasteiger partial charge in [0.05, 0.1) is 4.88 Å². The number of ketones is 1. The minimum absolute atomic E-state index is 0. The number of hydrogen-bond donors (Lipinski definition) is 1. The van der Waals surface area contributed by atoms with Crippen LogP contribution < -0.4 is 5.73 Å². The molecule has 0 fully saturated rings. The van der Waals surface area contributed by atoms with Gasteiger partial charge in [-0.05, 0) is 81.3 Å². The number of aryl methyl sites for hydroxylation is 3.